The third-order valence-corrected chi connectivity index (χ3v) is 5.21. The lowest BCUT2D eigenvalue weighted by molar-refractivity contribution is -0.126. The minimum Gasteiger partial charge on any atom is -0.494 e. The fourth-order valence-corrected chi connectivity index (χ4v) is 3.66. The van der Waals surface area contributed by atoms with Crippen molar-refractivity contribution >= 4 is 17.5 Å². The number of anilines is 1. The molecule has 1 N–H and O–H groups in total. The Labute approximate surface area is 175 Å². The summed E-state index contributed by atoms with van der Waals surface area (Å²) < 4.78 is 16.8. The van der Waals surface area contributed by atoms with E-state index in [0.29, 0.717) is 50.8 Å². The van der Waals surface area contributed by atoms with Crippen LogP contribution in [0.5, 0.6) is 17.2 Å². The van der Waals surface area contributed by atoms with Gasteiger partial charge in [0.25, 0.3) is 0 Å². The lowest BCUT2D eigenvalue weighted by Crippen LogP contribution is -2.34. The molecule has 0 spiro atoms. The summed E-state index contributed by atoms with van der Waals surface area (Å²) in [5, 5.41) is 2.92. The molecule has 1 fully saturated rings. The van der Waals surface area contributed by atoms with Crippen LogP contribution in [-0.2, 0) is 9.59 Å². The summed E-state index contributed by atoms with van der Waals surface area (Å²) in [5.41, 5.74) is 1.88. The van der Waals surface area contributed by atoms with E-state index in [1.807, 2.05) is 37.3 Å². The molecule has 2 aliphatic heterocycles. The van der Waals surface area contributed by atoms with Gasteiger partial charge < -0.3 is 24.4 Å². The number of carbonyl (C=O) groups is 2. The Bertz CT molecular complexity index is 930. The molecule has 0 aromatic heterocycles. The minimum absolute atomic E-state index is 0.0605. The van der Waals surface area contributed by atoms with Gasteiger partial charge >= 0.3 is 0 Å². The molecule has 0 bridgehead atoms. The van der Waals surface area contributed by atoms with E-state index < -0.39 is 0 Å². The number of aryl methyl sites for hydroxylation is 1. The first kappa shape index (κ1) is 20.1. The van der Waals surface area contributed by atoms with E-state index in [2.05, 4.69) is 5.32 Å². The molecule has 7 heteroatoms. The molecule has 30 heavy (non-hydrogen) atoms. The van der Waals surface area contributed by atoms with Crippen LogP contribution in [0.1, 0.15) is 18.4 Å². The molecule has 1 saturated heterocycles. The molecule has 0 radical (unpaired) electrons. The van der Waals surface area contributed by atoms with E-state index in [1.165, 1.54) is 0 Å². The molecule has 0 unspecified atom stereocenters. The first-order valence-electron chi connectivity index (χ1n) is 10.3. The van der Waals surface area contributed by atoms with Crippen LogP contribution in [-0.4, -0.2) is 44.7 Å². The number of hydrogen-bond donors (Lipinski definition) is 1. The highest BCUT2D eigenvalue weighted by Gasteiger charge is 2.35. The highest BCUT2D eigenvalue weighted by molar-refractivity contribution is 6.00. The SMILES string of the molecule is Cc1cccc(OCCCNC(=O)[C@@H]2CC(=O)N(c3ccc4c(c3)OCCO4)C2)c1. The second kappa shape index (κ2) is 9.07. The molecule has 2 amide bonds. The highest BCUT2D eigenvalue weighted by Crippen LogP contribution is 2.35. The second-order valence-electron chi connectivity index (χ2n) is 7.54. The number of rotatable bonds is 7. The number of fused-ring (bicyclic) bond motifs is 1. The molecule has 1 atom stereocenters. The van der Waals surface area contributed by atoms with Crippen molar-refractivity contribution < 1.29 is 23.8 Å². The minimum atomic E-state index is -0.358. The fraction of sp³-hybridized carbons (Fsp3) is 0.391. The number of amides is 2. The van der Waals surface area contributed by atoms with Crippen molar-refractivity contribution in [3.05, 3.63) is 48.0 Å². The Morgan fingerprint density at radius 3 is 2.83 bits per heavy atom. The molecule has 158 valence electrons. The third kappa shape index (κ3) is 4.67. The van der Waals surface area contributed by atoms with Crippen molar-refractivity contribution in [2.45, 2.75) is 19.8 Å². The summed E-state index contributed by atoms with van der Waals surface area (Å²) >= 11 is 0. The van der Waals surface area contributed by atoms with E-state index in [1.54, 1.807) is 17.0 Å². The molecule has 0 aliphatic carbocycles. The van der Waals surface area contributed by atoms with E-state index in [-0.39, 0.29) is 24.2 Å². The molecule has 7 nitrogen and oxygen atoms in total. The van der Waals surface area contributed by atoms with Crippen molar-refractivity contribution in [2.24, 2.45) is 5.92 Å². The average Bonchev–Trinajstić information content (AvgIpc) is 3.15. The van der Waals surface area contributed by atoms with Crippen LogP contribution in [0.4, 0.5) is 5.69 Å². The van der Waals surface area contributed by atoms with Crippen molar-refractivity contribution in [3.8, 4) is 17.2 Å². The number of carbonyl (C=O) groups excluding carboxylic acids is 2. The van der Waals surface area contributed by atoms with E-state index in [4.69, 9.17) is 14.2 Å². The summed E-state index contributed by atoms with van der Waals surface area (Å²) in [6.45, 7) is 4.43. The molecule has 2 aromatic rings. The average molecular weight is 410 g/mol. The van der Waals surface area contributed by atoms with Gasteiger partial charge in [-0.25, -0.2) is 0 Å². The Kier molecular flexibility index (Phi) is 6.07. The lowest BCUT2D eigenvalue weighted by atomic mass is 10.1. The van der Waals surface area contributed by atoms with Crippen molar-refractivity contribution in [2.75, 3.05) is 37.8 Å². The van der Waals surface area contributed by atoms with Crippen LogP contribution in [0.25, 0.3) is 0 Å². The van der Waals surface area contributed by atoms with Gasteiger partial charge in [-0.05, 0) is 43.2 Å². The normalized spacial score (nSPS) is 17.7. The van der Waals surface area contributed by atoms with Gasteiger partial charge in [-0.15, -0.1) is 0 Å². The maximum atomic E-state index is 12.5. The van der Waals surface area contributed by atoms with Gasteiger partial charge in [-0.1, -0.05) is 12.1 Å². The monoisotopic (exact) mass is 410 g/mol. The summed E-state index contributed by atoms with van der Waals surface area (Å²) in [6, 6.07) is 13.3. The smallest absolute Gasteiger partial charge is 0.227 e. The summed E-state index contributed by atoms with van der Waals surface area (Å²) in [6.07, 6.45) is 0.909. The molecule has 2 aliphatic rings. The predicted molar refractivity (Wildman–Crippen MR) is 112 cm³/mol. The molecular formula is C23H26N2O5. The zero-order chi connectivity index (χ0) is 20.9. The summed E-state index contributed by atoms with van der Waals surface area (Å²) in [4.78, 5) is 26.6. The molecule has 2 heterocycles. The molecule has 0 saturated carbocycles. The first-order chi connectivity index (χ1) is 14.6. The Balaban J connectivity index is 1.24. The van der Waals surface area contributed by atoms with Crippen LogP contribution >= 0.6 is 0 Å². The molecule has 4 rings (SSSR count). The van der Waals surface area contributed by atoms with E-state index in [9.17, 15) is 9.59 Å². The zero-order valence-corrected chi connectivity index (χ0v) is 17.1. The number of benzene rings is 2. The third-order valence-electron chi connectivity index (χ3n) is 5.21. The van der Waals surface area contributed by atoms with Crippen molar-refractivity contribution in [1.82, 2.24) is 5.32 Å². The van der Waals surface area contributed by atoms with Crippen LogP contribution in [0.2, 0.25) is 0 Å². The maximum absolute atomic E-state index is 12.5. The summed E-state index contributed by atoms with van der Waals surface area (Å²) in [7, 11) is 0. The van der Waals surface area contributed by atoms with Crippen molar-refractivity contribution in [3.63, 3.8) is 0 Å². The van der Waals surface area contributed by atoms with Crippen LogP contribution < -0.4 is 24.4 Å². The lowest BCUT2D eigenvalue weighted by Gasteiger charge is -2.22. The Morgan fingerprint density at radius 2 is 2.00 bits per heavy atom. The van der Waals surface area contributed by atoms with Gasteiger partial charge in [0, 0.05) is 31.3 Å². The molecule has 2 aromatic carbocycles. The Hall–Kier alpha value is -3.22. The van der Waals surface area contributed by atoms with Gasteiger partial charge in [0.15, 0.2) is 11.5 Å². The van der Waals surface area contributed by atoms with E-state index >= 15 is 0 Å². The van der Waals surface area contributed by atoms with Gasteiger partial charge in [-0.3, -0.25) is 9.59 Å². The number of nitrogens with one attached hydrogen (secondary N) is 1. The standard InChI is InChI=1S/C23H26N2O5/c1-16-4-2-5-19(12-16)28-9-3-8-24-23(27)17-13-22(26)25(15-17)18-6-7-20-21(14-18)30-11-10-29-20/h2,4-7,12,14,17H,3,8-11,13,15H2,1H3,(H,24,27)/t17-/m1/s1. The topological polar surface area (TPSA) is 77.1 Å². The second-order valence-corrected chi connectivity index (χ2v) is 7.54. The fourth-order valence-electron chi connectivity index (χ4n) is 3.66. The summed E-state index contributed by atoms with van der Waals surface area (Å²) in [5.74, 6) is 1.63. The Morgan fingerprint density at radius 1 is 1.17 bits per heavy atom. The van der Waals surface area contributed by atoms with Gasteiger partial charge in [-0.2, -0.15) is 0 Å². The van der Waals surface area contributed by atoms with Gasteiger partial charge in [0.1, 0.15) is 19.0 Å². The van der Waals surface area contributed by atoms with Crippen LogP contribution in [0.3, 0.4) is 0 Å². The quantitative estimate of drug-likeness (QED) is 0.711. The van der Waals surface area contributed by atoms with Gasteiger partial charge in [0.05, 0.1) is 12.5 Å². The largest absolute Gasteiger partial charge is 0.494 e. The number of ether oxygens (including phenoxy) is 3. The number of hydrogen-bond acceptors (Lipinski definition) is 5. The molecular weight excluding hydrogens is 384 g/mol. The zero-order valence-electron chi connectivity index (χ0n) is 17.1. The predicted octanol–water partition coefficient (Wildman–Crippen LogP) is 2.70. The van der Waals surface area contributed by atoms with E-state index in [0.717, 1.165) is 17.0 Å². The van der Waals surface area contributed by atoms with Gasteiger partial charge in [0.2, 0.25) is 11.8 Å². The first-order valence-corrected chi connectivity index (χ1v) is 10.3. The highest BCUT2D eigenvalue weighted by atomic mass is 16.6. The van der Waals surface area contributed by atoms with Crippen LogP contribution in [0, 0.1) is 12.8 Å². The maximum Gasteiger partial charge on any atom is 0.227 e. The van der Waals surface area contributed by atoms with Crippen LogP contribution in [0.15, 0.2) is 42.5 Å². The van der Waals surface area contributed by atoms with Crippen molar-refractivity contribution in [1.29, 1.82) is 0 Å². The number of nitrogens with zero attached hydrogens (tertiary/aromatic N) is 1.